The summed E-state index contributed by atoms with van der Waals surface area (Å²) in [6, 6.07) is 0.118. The van der Waals surface area contributed by atoms with Gasteiger partial charge in [0.25, 0.3) is 5.91 Å². The number of aryl methyl sites for hydroxylation is 2. The van der Waals surface area contributed by atoms with E-state index < -0.39 is 5.91 Å². The fourth-order valence-corrected chi connectivity index (χ4v) is 1.64. The van der Waals surface area contributed by atoms with Crippen LogP contribution in [0.3, 0.4) is 0 Å². The van der Waals surface area contributed by atoms with Gasteiger partial charge in [-0.15, -0.1) is 0 Å². The summed E-state index contributed by atoms with van der Waals surface area (Å²) in [5.41, 5.74) is 12.0. The van der Waals surface area contributed by atoms with Crippen LogP contribution in [0.5, 0.6) is 0 Å². The van der Waals surface area contributed by atoms with E-state index in [9.17, 15) is 4.79 Å². The molecule has 16 heavy (non-hydrogen) atoms. The molecular weight excluding hydrogens is 206 g/mol. The van der Waals surface area contributed by atoms with Crippen molar-refractivity contribution in [3.8, 4) is 0 Å². The quantitative estimate of drug-likeness (QED) is 0.655. The molecule has 0 saturated carbocycles. The van der Waals surface area contributed by atoms with Gasteiger partial charge in [0.05, 0.1) is 5.69 Å². The van der Waals surface area contributed by atoms with E-state index in [2.05, 4.69) is 10.4 Å². The highest BCUT2D eigenvalue weighted by atomic mass is 16.1. The van der Waals surface area contributed by atoms with E-state index in [1.807, 2.05) is 6.92 Å². The summed E-state index contributed by atoms with van der Waals surface area (Å²) in [4.78, 5) is 11.3. The van der Waals surface area contributed by atoms with Crippen molar-refractivity contribution in [2.75, 3.05) is 11.9 Å². The van der Waals surface area contributed by atoms with E-state index in [0.29, 0.717) is 23.6 Å². The Labute approximate surface area is 95.0 Å². The highest BCUT2D eigenvalue weighted by Crippen LogP contribution is 2.19. The van der Waals surface area contributed by atoms with Crippen LogP contribution in [0.4, 0.5) is 5.82 Å². The SMILES string of the molecule is CCC(CN)Nc1c(C(N)=O)c(C)nn1C. The number of nitrogens with one attached hydrogen (secondary N) is 1. The normalized spacial score (nSPS) is 12.5. The summed E-state index contributed by atoms with van der Waals surface area (Å²) < 4.78 is 1.62. The summed E-state index contributed by atoms with van der Waals surface area (Å²) in [7, 11) is 1.77. The van der Waals surface area contributed by atoms with E-state index in [1.165, 1.54) is 0 Å². The maximum Gasteiger partial charge on any atom is 0.254 e. The molecule has 1 amide bonds. The molecule has 5 N–H and O–H groups in total. The highest BCUT2D eigenvalue weighted by Gasteiger charge is 2.19. The number of anilines is 1. The monoisotopic (exact) mass is 225 g/mol. The summed E-state index contributed by atoms with van der Waals surface area (Å²) in [6.45, 7) is 4.28. The molecular formula is C10H19N5O. The molecule has 0 radical (unpaired) electrons. The lowest BCUT2D eigenvalue weighted by molar-refractivity contribution is 0.100. The third kappa shape index (κ3) is 2.33. The van der Waals surface area contributed by atoms with Crippen LogP contribution >= 0.6 is 0 Å². The third-order valence-corrected chi connectivity index (χ3v) is 2.59. The second-order valence-electron chi connectivity index (χ2n) is 3.78. The zero-order valence-electron chi connectivity index (χ0n) is 9.95. The van der Waals surface area contributed by atoms with Gasteiger partial charge in [-0.1, -0.05) is 6.92 Å². The first-order chi connectivity index (χ1) is 7.51. The molecule has 0 aliphatic carbocycles. The Bertz CT molecular complexity index is 381. The average molecular weight is 225 g/mol. The van der Waals surface area contributed by atoms with Gasteiger partial charge in [-0.25, -0.2) is 0 Å². The van der Waals surface area contributed by atoms with Crippen molar-refractivity contribution < 1.29 is 4.79 Å². The van der Waals surface area contributed by atoms with E-state index in [-0.39, 0.29) is 6.04 Å². The van der Waals surface area contributed by atoms with Crippen LogP contribution in [0.25, 0.3) is 0 Å². The molecule has 0 bridgehead atoms. The van der Waals surface area contributed by atoms with Crippen LogP contribution in [-0.4, -0.2) is 28.3 Å². The number of primary amides is 1. The molecule has 1 atom stereocenters. The number of carbonyl (C=O) groups excluding carboxylic acids is 1. The highest BCUT2D eigenvalue weighted by molar-refractivity contribution is 5.98. The lowest BCUT2D eigenvalue weighted by Crippen LogP contribution is -2.30. The van der Waals surface area contributed by atoms with E-state index in [0.717, 1.165) is 6.42 Å². The van der Waals surface area contributed by atoms with Gasteiger partial charge >= 0.3 is 0 Å². The molecule has 90 valence electrons. The number of amides is 1. The maximum absolute atomic E-state index is 11.3. The van der Waals surface area contributed by atoms with E-state index >= 15 is 0 Å². The van der Waals surface area contributed by atoms with Gasteiger partial charge in [0.1, 0.15) is 11.4 Å². The molecule has 0 fully saturated rings. The van der Waals surface area contributed by atoms with Crippen LogP contribution in [-0.2, 0) is 7.05 Å². The lowest BCUT2D eigenvalue weighted by atomic mass is 10.2. The first-order valence-electron chi connectivity index (χ1n) is 5.31. The zero-order valence-corrected chi connectivity index (χ0v) is 9.95. The van der Waals surface area contributed by atoms with Gasteiger partial charge in [0.2, 0.25) is 0 Å². The molecule has 1 heterocycles. The molecule has 1 aromatic rings. The van der Waals surface area contributed by atoms with Crippen LogP contribution in [0.1, 0.15) is 29.4 Å². The van der Waals surface area contributed by atoms with Crippen molar-refractivity contribution in [1.82, 2.24) is 9.78 Å². The predicted octanol–water partition coefficient (Wildman–Crippen LogP) is -0.0234. The van der Waals surface area contributed by atoms with Crippen LogP contribution in [0, 0.1) is 6.92 Å². The van der Waals surface area contributed by atoms with Gasteiger partial charge in [-0.05, 0) is 13.3 Å². The molecule has 1 unspecified atom stereocenters. The van der Waals surface area contributed by atoms with E-state index in [1.54, 1.807) is 18.7 Å². The average Bonchev–Trinajstić information content (AvgIpc) is 2.49. The van der Waals surface area contributed by atoms with Crippen molar-refractivity contribution in [2.24, 2.45) is 18.5 Å². The molecule has 6 nitrogen and oxygen atoms in total. The Morgan fingerprint density at radius 3 is 2.69 bits per heavy atom. The van der Waals surface area contributed by atoms with Gasteiger partial charge in [0.15, 0.2) is 0 Å². The van der Waals surface area contributed by atoms with Crippen molar-refractivity contribution in [1.29, 1.82) is 0 Å². The fraction of sp³-hybridized carbons (Fsp3) is 0.600. The Morgan fingerprint density at radius 2 is 2.25 bits per heavy atom. The number of rotatable bonds is 5. The minimum Gasteiger partial charge on any atom is -0.366 e. The van der Waals surface area contributed by atoms with Gasteiger partial charge < -0.3 is 16.8 Å². The van der Waals surface area contributed by atoms with Crippen LogP contribution in [0.2, 0.25) is 0 Å². The van der Waals surface area contributed by atoms with Crippen LogP contribution in [0.15, 0.2) is 0 Å². The number of aromatic nitrogens is 2. The summed E-state index contributed by atoms with van der Waals surface area (Å²) in [6.07, 6.45) is 0.874. The Kier molecular flexibility index (Phi) is 3.89. The van der Waals surface area contributed by atoms with Gasteiger partial charge in [-0.2, -0.15) is 5.10 Å². The molecule has 0 spiro atoms. The second-order valence-corrected chi connectivity index (χ2v) is 3.78. The second kappa shape index (κ2) is 4.98. The van der Waals surface area contributed by atoms with Gasteiger partial charge in [0, 0.05) is 19.6 Å². The molecule has 6 heteroatoms. The van der Waals surface area contributed by atoms with Crippen LogP contribution < -0.4 is 16.8 Å². The van der Waals surface area contributed by atoms with Crippen molar-refractivity contribution >= 4 is 11.7 Å². The number of nitrogens with two attached hydrogens (primary N) is 2. The summed E-state index contributed by atoms with van der Waals surface area (Å²) in [5.74, 6) is 0.169. The third-order valence-electron chi connectivity index (χ3n) is 2.59. The Morgan fingerprint density at radius 1 is 1.62 bits per heavy atom. The first kappa shape index (κ1) is 12.5. The zero-order chi connectivity index (χ0) is 12.3. The number of hydrogen-bond donors (Lipinski definition) is 3. The Hall–Kier alpha value is -1.56. The first-order valence-corrected chi connectivity index (χ1v) is 5.31. The topological polar surface area (TPSA) is 99.0 Å². The largest absolute Gasteiger partial charge is 0.366 e. The molecule has 0 aromatic carbocycles. The smallest absolute Gasteiger partial charge is 0.254 e. The minimum absolute atomic E-state index is 0.118. The fourth-order valence-electron chi connectivity index (χ4n) is 1.64. The molecule has 1 aromatic heterocycles. The van der Waals surface area contributed by atoms with Crippen molar-refractivity contribution in [2.45, 2.75) is 26.3 Å². The molecule has 1 rings (SSSR count). The maximum atomic E-state index is 11.3. The van der Waals surface area contributed by atoms with E-state index in [4.69, 9.17) is 11.5 Å². The molecule has 0 aliphatic heterocycles. The minimum atomic E-state index is -0.472. The Balaban J connectivity index is 3.07. The number of nitrogens with zero attached hydrogens (tertiary/aromatic N) is 2. The lowest BCUT2D eigenvalue weighted by Gasteiger charge is -2.16. The predicted molar refractivity (Wildman–Crippen MR) is 63.2 cm³/mol. The molecule has 0 saturated heterocycles. The van der Waals surface area contributed by atoms with Crippen molar-refractivity contribution in [3.05, 3.63) is 11.3 Å². The summed E-state index contributed by atoms with van der Waals surface area (Å²) >= 11 is 0. The standard InChI is InChI=1S/C10H19N5O/c1-4-7(5-11)13-10-8(9(12)16)6(2)14-15(10)3/h7,13H,4-5,11H2,1-3H3,(H2,12,16). The number of hydrogen-bond acceptors (Lipinski definition) is 4. The molecule has 0 aliphatic rings. The van der Waals surface area contributed by atoms with Gasteiger partial charge in [-0.3, -0.25) is 9.48 Å². The summed E-state index contributed by atoms with van der Waals surface area (Å²) in [5, 5.41) is 7.36. The number of carbonyl (C=O) groups is 1. The van der Waals surface area contributed by atoms with Crippen molar-refractivity contribution in [3.63, 3.8) is 0 Å².